The van der Waals surface area contributed by atoms with Crippen molar-refractivity contribution in [1.29, 1.82) is 0 Å². The normalized spacial score (nSPS) is 25.6. The van der Waals surface area contributed by atoms with Gasteiger partial charge in [0.25, 0.3) is 0 Å². The molecule has 5 heteroatoms. The summed E-state index contributed by atoms with van der Waals surface area (Å²) in [7, 11) is 0. The Morgan fingerprint density at radius 3 is 2.21 bits per heavy atom. The highest BCUT2D eigenvalue weighted by Gasteiger charge is 2.41. The van der Waals surface area contributed by atoms with Gasteiger partial charge in [-0.05, 0) is 41.5 Å². The summed E-state index contributed by atoms with van der Waals surface area (Å²) in [5, 5.41) is 0. The maximum Gasteiger partial charge on any atom is 0.327 e. The molecule has 1 atom stereocenters. The minimum atomic E-state index is -0.987. The second-order valence-corrected chi connectivity index (χ2v) is 6.90. The third-order valence-corrected chi connectivity index (χ3v) is 3.06. The van der Waals surface area contributed by atoms with Crippen LogP contribution in [0.5, 0.6) is 0 Å². The molecule has 0 aromatic rings. The average molecular weight is 272 g/mol. The average Bonchev–Trinajstić information content (AvgIpc) is 2.11. The highest BCUT2D eigenvalue weighted by molar-refractivity contribution is 5.80. The maximum absolute atomic E-state index is 11.9. The molecule has 5 nitrogen and oxygen atoms in total. The van der Waals surface area contributed by atoms with E-state index in [0.29, 0.717) is 13.2 Å². The predicted molar refractivity (Wildman–Crippen MR) is 74.9 cm³/mol. The summed E-state index contributed by atoms with van der Waals surface area (Å²) in [4.78, 5) is 14.0. The fourth-order valence-electron chi connectivity index (χ4n) is 2.88. The highest BCUT2D eigenvalue weighted by Crippen LogP contribution is 2.28. The van der Waals surface area contributed by atoms with Crippen LogP contribution in [0.4, 0.5) is 0 Å². The van der Waals surface area contributed by atoms with E-state index in [2.05, 4.69) is 32.6 Å². The zero-order valence-electron chi connectivity index (χ0n) is 13.1. The van der Waals surface area contributed by atoms with Crippen molar-refractivity contribution in [2.24, 2.45) is 5.73 Å². The molecule has 1 saturated heterocycles. The standard InChI is InChI=1S/C14H28N2O3/c1-7-18-11(17)14(6,15)10-16-8-12(2,3)19-13(4,5)9-16/h7-10,15H2,1-6H3. The van der Waals surface area contributed by atoms with Gasteiger partial charge >= 0.3 is 5.97 Å². The summed E-state index contributed by atoms with van der Waals surface area (Å²) in [5.74, 6) is -0.350. The monoisotopic (exact) mass is 272 g/mol. The van der Waals surface area contributed by atoms with Crippen LogP contribution in [0.15, 0.2) is 0 Å². The van der Waals surface area contributed by atoms with E-state index in [-0.39, 0.29) is 17.2 Å². The first-order valence-corrected chi connectivity index (χ1v) is 6.86. The summed E-state index contributed by atoms with van der Waals surface area (Å²) in [6.07, 6.45) is 0. The molecule has 1 fully saturated rings. The SMILES string of the molecule is CCOC(=O)C(C)(N)CN1CC(C)(C)OC(C)(C)C1. The number of carbonyl (C=O) groups is 1. The van der Waals surface area contributed by atoms with E-state index < -0.39 is 5.54 Å². The Morgan fingerprint density at radius 1 is 1.32 bits per heavy atom. The molecule has 112 valence electrons. The summed E-state index contributed by atoms with van der Waals surface area (Å²) in [6, 6.07) is 0. The number of hydrogen-bond donors (Lipinski definition) is 1. The van der Waals surface area contributed by atoms with Crippen LogP contribution >= 0.6 is 0 Å². The summed E-state index contributed by atoms with van der Waals surface area (Å²) in [5.41, 5.74) is 4.62. The molecule has 2 N–H and O–H groups in total. The quantitative estimate of drug-likeness (QED) is 0.778. The Labute approximate surface area is 116 Å². The predicted octanol–water partition coefficient (Wildman–Crippen LogP) is 1.16. The molecular formula is C14H28N2O3. The fourth-order valence-corrected chi connectivity index (χ4v) is 2.88. The van der Waals surface area contributed by atoms with E-state index in [9.17, 15) is 4.79 Å². The van der Waals surface area contributed by atoms with E-state index in [1.54, 1.807) is 13.8 Å². The summed E-state index contributed by atoms with van der Waals surface area (Å²) >= 11 is 0. The van der Waals surface area contributed by atoms with Crippen molar-refractivity contribution in [2.75, 3.05) is 26.2 Å². The van der Waals surface area contributed by atoms with E-state index in [0.717, 1.165) is 13.1 Å². The topological polar surface area (TPSA) is 64.8 Å². The van der Waals surface area contributed by atoms with Crippen LogP contribution in [0.1, 0.15) is 41.5 Å². The number of morpholine rings is 1. The number of carbonyl (C=O) groups excluding carboxylic acids is 1. The molecule has 0 aromatic heterocycles. The Kier molecular flexibility index (Phi) is 4.65. The van der Waals surface area contributed by atoms with Crippen molar-refractivity contribution in [3.63, 3.8) is 0 Å². The van der Waals surface area contributed by atoms with Crippen molar-refractivity contribution < 1.29 is 14.3 Å². The lowest BCUT2D eigenvalue weighted by atomic mass is 9.96. The lowest BCUT2D eigenvalue weighted by molar-refractivity contribution is -0.184. The Morgan fingerprint density at radius 2 is 1.79 bits per heavy atom. The largest absolute Gasteiger partial charge is 0.465 e. The molecule has 0 radical (unpaired) electrons. The molecule has 1 rings (SSSR count). The lowest BCUT2D eigenvalue weighted by Gasteiger charge is -2.48. The number of hydrogen-bond acceptors (Lipinski definition) is 5. The minimum absolute atomic E-state index is 0.244. The smallest absolute Gasteiger partial charge is 0.327 e. The van der Waals surface area contributed by atoms with Gasteiger partial charge in [0, 0.05) is 19.6 Å². The minimum Gasteiger partial charge on any atom is -0.465 e. The number of rotatable bonds is 4. The van der Waals surface area contributed by atoms with E-state index in [1.807, 2.05) is 0 Å². The van der Waals surface area contributed by atoms with Crippen molar-refractivity contribution >= 4 is 5.97 Å². The Balaban J connectivity index is 2.73. The number of ether oxygens (including phenoxy) is 2. The molecule has 0 aromatic carbocycles. The maximum atomic E-state index is 11.9. The fraction of sp³-hybridized carbons (Fsp3) is 0.929. The van der Waals surface area contributed by atoms with Crippen molar-refractivity contribution in [2.45, 2.75) is 58.3 Å². The van der Waals surface area contributed by atoms with Crippen LogP contribution < -0.4 is 5.73 Å². The third kappa shape index (κ3) is 4.75. The molecule has 1 heterocycles. The van der Waals surface area contributed by atoms with Gasteiger partial charge in [-0.3, -0.25) is 9.69 Å². The van der Waals surface area contributed by atoms with Gasteiger partial charge < -0.3 is 15.2 Å². The van der Waals surface area contributed by atoms with Gasteiger partial charge in [-0.1, -0.05) is 0 Å². The molecule has 19 heavy (non-hydrogen) atoms. The van der Waals surface area contributed by atoms with Crippen LogP contribution in [0.3, 0.4) is 0 Å². The molecule has 0 bridgehead atoms. The van der Waals surface area contributed by atoms with Crippen LogP contribution in [0.25, 0.3) is 0 Å². The number of nitrogens with zero attached hydrogens (tertiary/aromatic N) is 1. The Bertz CT molecular complexity index is 322. The van der Waals surface area contributed by atoms with Crippen molar-refractivity contribution in [1.82, 2.24) is 4.90 Å². The molecular weight excluding hydrogens is 244 g/mol. The molecule has 0 aliphatic carbocycles. The molecule has 0 amide bonds. The van der Waals surface area contributed by atoms with Crippen LogP contribution in [0.2, 0.25) is 0 Å². The highest BCUT2D eigenvalue weighted by atomic mass is 16.5. The summed E-state index contributed by atoms with van der Waals surface area (Å²) in [6.45, 7) is 14.1. The zero-order chi connectivity index (χ0) is 14.9. The van der Waals surface area contributed by atoms with Gasteiger partial charge in [0.2, 0.25) is 0 Å². The molecule has 0 saturated carbocycles. The molecule has 1 aliphatic heterocycles. The third-order valence-electron chi connectivity index (χ3n) is 3.06. The van der Waals surface area contributed by atoms with Gasteiger partial charge in [0.05, 0.1) is 17.8 Å². The number of esters is 1. The van der Waals surface area contributed by atoms with Gasteiger partial charge in [0.1, 0.15) is 5.54 Å². The van der Waals surface area contributed by atoms with Gasteiger partial charge in [-0.25, -0.2) is 0 Å². The molecule has 1 unspecified atom stereocenters. The lowest BCUT2D eigenvalue weighted by Crippen LogP contribution is -2.63. The van der Waals surface area contributed by atoms with Gasteiger partial charge in [-0.15, -0.1) is 0 Å². The van der Waals surface area contributed by atoms with Crippen molar-refractivity contribution in [3.8, 4) is 0 Å². The second kappa shape index (κ2) is 5.38. The number of nitrogens with two attached hydrogens (primary N) is 1. The Hall–Kier alpha value is -0.650. The first-order chi connectivity index (χ1) is 8.47. The first kappa shape index (κ1) is 16.4. The van der Waals surface area contributed by atoms with Crippen molar-refractivity contribution in [3.05, 3.63) is 0 Å². The van der Waals surface area contributed by atoms with Crippen LogP contribution in [0, 0.1) is 0 Å². The first-order valence-electron chi connectivity index (χ1n) is 6.86. The van der Waals surface area contributed by atoms with E-state index in [4.69, 9.17) is 15.2 Å². The second-order valence-electron chi connectivity index (χ2n) is 6.90. The van der Waals surface area contributed by atoms with E-state index >= 15 is 0 Å². The zero-order valence-corrected chi connectivity index (χ0v) is 13.1. The van der Waals surface area contributed by atoms with E-state index in [1.165, 1.54) is 0 Å². The van der Waals surface area contributed by atoms with Crippen LogP contribution in [-0.4, -0.2) is 53.9 Å². The molecule has 1 aliphatic rings. The van der Waals surface area contributed by atoms with Crippen LogP contribution in [-0.2, 0) is 14.3 Å². The van der Waals surface area contributed by atoms with Gasteiger partial charge in [-0.2, -0.15) is 0 Å². The van der Waals surface area contributed by atoms with Gasteiger partial charge in [0.15, 0.2) is 0 Å². The summed E-state index contributed by atoms with van der Waals surface area (Å²) < 4.78 is 11.0. The molecule has 0 spiro atoms.